The molecular formula is C12H14ClNO2S2. The molecule has 0 spiro atoms. The van der Waals surface area contributed by atoms with Crippen LogP contribution in [0.1, 0.15) is 18.4 Å². The van der Waals surface area contributed by atoms with Gasteiger partial charge in [0.05, 0.1) is 10.2 Å². The lowest BCUT2D eigenvalue weighted by atomic mass is 10.1. The zero-order valence-electron chi connectivity index (χ0n) is 9.84. The van der Waals surface area contributed by atoms with Crippen LogP contribution in [-0.2, 0) is 9.84 Å². The molecule has 6 heteroatoms. The zero-order chi connectivity index (χ0) is 13.5. The largest absolute Gasteiger partial charge is 0.393 e. The average molecular weight is 304 g/mol. The quantitative estimate of drug-likeness (QED) is 0.866. The van der Waals surface area contributed by atoms with Gasteiger partial charge < -0.3 is 5.73 Å². The molecule has 0 bridgehead atoms. The highest BCUT2D eigenvalue weighted by molar-refractivity contribution is 7.92. The highest BCUT2D eigenvalue weighted by Crippen LogP contribution is 2.52. The molecule has 0 unspecified atom stereocenters. The van der Waals surface area contributed by atoms with Crippen molar-refractivity contribution in [3.05, 3.63) is 34.9 Å². The van der Waals surface area contributed by atoms with Gasteiger partial charge in [-0.2, -0.15) is 0 Å². The molecule has 0 aliphatic heterocycles. The van der Waals surface area contributed by atoms with E-state index < -0.39 is 15.1 Å². The Bertz CT molecular complexity index is 568. The van der Waals surface area contributed by atoms with Crippen molar-refractivity contribution in [2.24, 2.45) is 11.7 Å². The molecule has 98 valence electrons. The van der Waals surface area contributed by atoms with Crippen molar-refractivity contribution in [3.8, 4) is 0 Å². The van der Waals surface area contributed by atoms with Gasteiger partial charge in [0.1, 0.15) is 0 Å². The lowest BCUT2D eigenvalue weighted by Crippen LogP contribution is -2.18. The van der Waals surface area contributed by atoms with E-state index in [2.05, 4.69) is 0 Å². The van der Waals surface area contributed by atoms with Gasteiger partial charge in [-0.25, -0.2) is 8.42 Å². The second kappa shape index (κ2) is 4.79. The Morgan fingerprint density at radius 1 is 1.39 bits per heavy atom. The van der Waals surface area contributed by atoms with E-state index in [4.69, 9.17) is 29.6 Å². The van der Waals surface area contributed by atoms with Crippen molar-refractivity contribution < 1.29 is 8.42 Å². The summed E-state index contributed by atoms with van der Waals surface area (Å²) in [5, 5.41) is 0.155. The summed E-state index contributed by atoms with van der Waals surface area (Å²) in [4.78, 5) is 0.275. The number of hydrogen-bond donors (Lipinski definition) is 1. The molecule has 1 fully saturated rings. The molecule has 0 amide bonds. The van der Waals surface area contributed by atoms with Crippen LogP contribution in [0.3, 0.4) is 0 Å². The van der Waals surface area contributed by atoms with E-state index in [-0.39, 0.29) is 22.6 Å². The Labute approximate surface area is 117 Å². The van der Waals surface area contributed by atoms with Crippen molar-refractivity contribution in [1.82, 2.24) is 0 Å². The van der Waals surface area contributed by atoms with Crippen LogP contribution in [-0.4, -0.2) is 24.4 Å². The molecule has 3 atom stereocenters. The van der Waals surface area contributed by atoms with Crippen LogP contribution in [0.25, 0.3) is 0 Å². The van der Waals surface area contributed by atoms with Crippen LogP contribution in [0.2, 0.25) is 5.02 Å². The summed E-state index contributed by atoms with van der Waals surface area (Å²) in [5.41, 5.74) is 6.57. The smallest absolute Gasteiger partial charge is 0.154 e. The minimum absolute atomic E-state index is 0.112. The highest BCUT2D eigenvalue weighted by Gasteiger charge is 2.59. The Morgan fingerprint density at radius 2 is 1.94 bits per heavy atom. The number of rotatable bonds is 4. The average Bonchev–Trinajstić information content (AvgIpc) is 3.06. The number of halogens is 1. The zero-order valence-corrected chi connectivity index (χ0v) is 12.2. The van der Waals surface area contributed by atoms with Crippen LogP contribution in [0.5, 0.6) is 0 Å². The van der Waals surface area contributed by atoms with Gasteiger partial charge in [-0.1, -0.05) is 42.9 Å². The number of hydrogen-bond acceptors (Lipinski definition) is 3. The van der Waals surface area contributed by atoms with E-state index in [1.807, 2.05) is 12.1 Å². The normalized spacial score (nSPS) is 26.9. The second-order valence-electron chi connectivity index (χ2n) is 4.42. The summed E-state index contributed by atoms with van der Waals surface area (Å²) >= 11 is 10.8. The molecule has 3 nitrogen and oxygen atoms in total. The third kappa shape index (κ3) is 2.39. The van der Waals surface area contributed by atoms with Crippen molar-refractivity contribution in [1.29, 1.82) is 0 Å². The third-order valence-electron chi connectivity index (χ3n) is 3.35. The van der Waals surface area contributed by atoms with Crippen molar-refractivity contribution in [2.45, 2.75) is 18.1 Å². The first kappa shape index (κ1) is 13.8. The third-order valence-corrected chi connectivity index (χ3v) is 6.10. The molecule has 1 aromatic rings. The van der Waals surface area contributed by atoms with Gasteiger partial charge in [-0.3, -0.25) is 0 Å². The molecule has 0 aromatic heterocycles. The Balaban J connectivity index is 2.33. The lowest BCUT2D eigenvalue weighted by molar-refractivity contribution is 0.594. The summed E-state index contributed by atoms with van der Waals surface area (Å²) in [6, 6.07) is 7.18. The molecule has 2 rings (SSSR count). The van der Waals surface area contributed by atoms with Gasteiger partial charge in [0.15, 0.2) is 9.84 Å². The summed E-state index contributed by atoms with van der Waals surface area (Å²) in [5.74, 6) is -0.253. The summed E-state index contributed by atoms with van der Waals surface area (Å²) in [6.45, 7) is 1.64. The second-order valence-corrected chi connectivity index (χ2v) is 7.78. The van der Waals surface area contributed by atoms with Gasteiger partial charge in [-0.05, 0) is 17.7 Å². The van der Waals surface area contributed by atoms with E-state index in [1.165, 1.54) is 0 Å². The minimum Gasteiger partial charge on any atom is -0.393 e. The fourth-order valence-corrected chi connectivity index (χ4v) is 4.68. The highest BCUT2D eigenvalue weighted by atomic mass is 35.5. The Kier molecular flexibility index (Phi) is 3.67. The van der Waals surface area contributed by atoms with E-state index in [9.17, 15) is 8.42 Å². The molecule has 0 saturated heterocycles. The number of sulfone groups is 1. The Hall–Kier alpha value is -0.650. The van der Waals surface area contributed by atoms with Gasteiger partial charge in [0.2, 0.25) is 0 Å². The van der Waals surface area contributed by atoms with Crippen LogP contribution < -0.4 is 5.73 Å². The molecule has 1 aromatic carbocycles. The molecule has 1 aliphatic carbocycles. The van der Waals surface area contributed by atoms with Crippen molar-refractivity contribution >= 4 is 38.6 Å². The molecule has 1 aliphatic rings. The predicted molar refractivity (Wildman–Crippen MR) is 77.7 cm³/mol. The molecule has 18 heavy (non-hydrogen) atoms. The topological polar surface area (TPSA) is 60.2 Å². The van der Waals surface area contributed by atoms with Crippen LogP contribution in [0, 0.1) is 5.92 Å². The predicted octanol–water partition coefficient (Wildman–Crippen LogP) is 2.14. The first-order valence-electron chi connectivity index (χ1n) is 5.65. The molecule has 1 saturated carbocycles. The van der Waals surface area contributed by atoms with Crippen LogP contribution in [0.15, 0.2) is 24.3 Å². The number of benzene rings is 1. The maximum Gasteiger partial charge on any atom is 0.154 e. The molecule has 0 radical (unpaired) electrons. The molecule has 2 N–H and O–H groups in total. The molecule has 0 heterocycles. The maximum atomic E-state index is 12.0. The fraction of sp³-hybridized carbons (Fsp3) is 0.417. The summed E-state index contributed by atoms with van der Waals surface area (Å²) in [7, 11) is -3.13. The standard InChI is InChI=1S/C12H14ClNO2S2/c1-2-18(15,16)11-9(10(11)12(14)17)7-3-5-8(13)6-4-7/h3-6,9-11H,2H2,1H3,(H2,14,17)/t9-,10+,11+/m1/s1. The van der Waals surface area contributed by atoms with E-state index >= 15 is 0 Å². The van der Waals surface area contributed by atoms with E-state index in [0.29, 0.717) is 5.02 Å². The first-order chi connectivity index (χ1) is 8.38. The minimum atomic E-state index is -3.13. The molecular weight excluding hydrogens is 290 g/mol. The maximum absolute atomic E-state index is 12.0. The summed E-state index contributed by atoms with van der Waals surface area (Å²) in [6.07, 6.45) is 0. The first-order valence-corrected chi connectivity index (χ1v) is 8.15. The van der Waals surface area contributed by atoms with Crippen molar-refractivity contribution in [3.63, 3.8) is 0 Å². The van der Waals surface area contributed by atoms with Gasteiger partial charge in [-0.15, -0.1) is 0 Å². The van der Waals surface area contributed by atoms with Gasteiger partial charge in [0.25, 0.3) is 0 Å². The lowest BCUT2D eigenvalue weighted by Gasteiger charge is -2.00. The van der Waals surface area contributed by atoms with Crippen LogP contribution >= 0.6 is 23.8 Å². The summed E-state index contributed by atoms with van der Waals surface area (Å²) < 4.78 is 24.0. The van der Waals surface area contributed by atoms with E-state index in [1.54, 1.807) is 19.1 Å². The Morgan fingerprint density at radius 3 is 2.39 bits per heavy atom. The van der Waals surface area contributed by atoms with Gasteiger partial charge >= 0.3 is 0 Å². The SMILES string of the molecule is CCS(=O)(=O)[C@@H]1[C@@H](C(N)=S)[C@H]1c1ccc(Cl)cc1. The van der Waals surface area contributed by atoms with Crippen molar-refractivity contribution in [2.75, 3.05) is 5.75 Å². The fourth-order valence-electron chi connectivity index (χ4n) is 2.34. The van der Waals surface area contributed by atoms with Gasteiger partial charge in [0, 0.05) is 22.6 Å². The number of thiocarbonyl (C=S) groups is 1. The van der Waals surface area contributed by atoms with E-state index in [0.717, 1.165) is 5.56 Å². The number of nitrogens with two attached hydrogens (primary N) is 1. The monoisotopic (exact) mass is 303 g/mol. The van der Waals surface area contributed by atoms with Crippen LogP contribution in [0.4, 0.5) is 0 Å².